The van der Waals surface area contributed by atoms with Crippen molar-refractivity contribution in [2.75, 3.05) is 18.4 Å². The Labute approximate surface area is 173 Å². The van der Waals surface area contributed by atoms with Crippen LogP contribution in [0.3, 0.4) is 0 Å². The van der Waals surface area contributed by atoms with E-state index in [1.165, 1.54) is 18.2 Å². The van der Waals surface area contributed by atoms with E-state index >= 15 is 0 Å². The van der Waals surface area contributed by atoms with Crippen LogP contribution in [-0.4, -0.2) is 46.2 Å². The lowest BCUT2D eigenvalue weighted by atomic mass is 9.88. The summed E-state index contributed by atoms with van der Waals surface area (Å²) in [5, 5.41) is 9.51. The van der Waals surface area contributed by atoms with Gasteiger partial charge in [0, 0.05) is 37.6 Å². The van der Waals surface area contributed by atoms with Crippen molar-refractivity contribution in [1.82, 2.24) is 15.2 Å². The molecule has 8 nitrogen and oxygen atoms in total. The smallest absolute Gasteiger partial charge is 0.321 e. The van der Waals surface area contributed by atoms with Gasteiger partial charge in [-0.1, -0.05) is 17.3 Å². The molecule has 1 atom stereocenters. The number of halogens is 1. The van der Waals surface area contributed by atoms with Gasteiger partial charge in [0.05, 0.1) is 6.54 Å². The molecule has 3 amide bonds. The standard InChI is InChI=1S/C21H22FN5O3/c22-16-5-1-6-17(10-16)25-20(29)27-9-3-7-21(14-27)11-18(26-30-21)19(28)24-13-15-4-2-8-23-12-15/h1-2,4-6,8,10,12H,3,7,9,11,13-14H2,(H,24,28)(H,25,29). The van der Waals surface area contributed by atoms with Gasteiger partial charge in [0.15, 0.2) is 5.60 Å². The molecule has 1 aromatic carbocycles. The Morgan fingerprint density at radius 2 is 2.17 bits per heavy atom. The molecule has 3 heterocycles. The summed E-state index contributed by atoms with van der Waals surface area (Å²) in [5.41, 5.74) is 0.876. The molecule has 1 saturated heterocycles. The fourth-order valence-corrected chi connectivity index (χ4v) is 3.69. The van der Waals surface area contributed by atoms with Gasteiger partial charge in [0.2, 0.25) is 0 Å². The number of urea groups is 1. The molecule has 2 aliphatic rings. The Morgan fingerprint density at radius 1 is 1.27 bits per heavy atom. The summed E-state index contributed by atoms with van der Waals surface area (Å²) in [6.45, 7) is 1.20. The van der Waals surface area contributed by atoms with Crippen molar-refractivity contribution in [3.63, 3.8) is 0 Å². The number of carbonyl (C=O) groups excluding carboxylic acids is 2. The number of hydrogen-bond acceptors (Lipinski definition) is 5. The zero-order chi connectivity index (χ0) is 21.0. The Kier molecular flexibility index (Phi) is 5.60. The number of aromatic nitrogens is 1. The predicted octanol–water partition coefficient (Wildman–Crippen LogP) is 2.68. The second-order valence-electron chi connectivity index (χ2n) is 7.50. The molecule has 2 aromatic rings. The van der Waals surface area contributed by atoms with Crippen molar-refractivity contribution >= 4 is 23.3 Å². The highest BCUT2D eigenvalue weighted by molar-refractivity contribution is 6.39. The fourth-order valence-electron chi connectivity index (χ4n) is 3.69. The van der Waals surface area contributed by atoms with Gasteiger partial charge in [0.25, 0.3) is 5.91 Å². The summed E-state index contributed by atoms with van der Waals surface area (Å²) in [5.74, 6) is -0.713. The van der Waals surface area contributed by atoms with Crippen LogP contribution in [-0.2, 0) is 16.2 Å². The highest BCUT2D eigenvalue weighted by Crippen LogP contribution is 2.33. The van der Waals surface area contributed by atoms with E-state index < -0.39 is 11.4 Å². The SMILES string of the molecule is O=C(NCc1cccnc1)C1=NOC2(CCCN(C(=O)Nc3cccc(F)c3)C2)C1. The van der Waals surface area contributed by atoms with Crippen molar-refractivity contribution in [2.45, 2.75) is 31.4 Å². The molecule has 1 fully saturated rings. The molecular formula is C21H22FN5O3. The van der Waals surface area contributed by atoms with E-state index in [0.717, 1.165) is 12.0 Å². The third-order valence-electron chi connectivity index (χ3n) is 5.18. The first-order chi connectivity index (χ1) is 14.5. The number of pyridine rings is 1. The average molecular weight is 411 g/mol. The summed E-state index contributed by atoms with van der Waals surface area (Å²) in [4.78, 5) is 36.3. The van der Waals surface area contributed by atoms with Crippen LogP contribution in [0.1, 0.15) is 24.8 Å². The van der Waals surface area contributed by atoms with Gasteiger partial charge in [-0.25, -0.2) is 9.18 Å². The van der Waals surface area contributed by atoms with E-state index in [4.69, 9.17) is 4.84 Å². The molecule has 1 unspecified atom stereocenters. The van der Waals surface area contributed by atoms with E-state index in [0.29, 0.717) is 43.9 Å². The van der Waals surface area contributed by atoms with Crippen molar-refractivity contribution in [2.24, 2.45) is 5.16 Å². The van der Waals surface area contributed by atoms with Crippen LogP contribution in [0.5, 0.6) is 0 Å². The van der Waals surface area contributed by atoms with Crippen molar-refractivity contribution < 1.29 is 18.8 Å². The highest BCUT2D eigenvalue weighted by atomic mass is 19.1. The largest absolute Gasteiger partial charge is 0.386 e. The fraction of sp³-hybridized carbons (Fsp3) is 0.333. The zero-order valence-corrected chi connectivity index (χ0v) is 16.3. The molecule has 9 heteroatoms. The molecule has 1 aromatic heterocycles. The molecule has 2 N–H and O–H groups in total. The minimum atomic E-state index is -0.710. The lowest BCUT2D eigenvalue weighted by molar-refractivity contribution is -0.115. The number of nitrogens with one attached hydrogen (secondary N) is 2. The first-order valence-corrected chi connectivity index (χ1v) is 9.77. The lowest BCUT2D eigenvalue weighted by Gasteiger charge is -2.38. The number of hydrogen-bond donors (Lipinski definition) is 2. The quantitative estimate of drug-likeness (QED) is 0.809. The van der Waals surface area contributed by atoms with Gasteiger partial charge in [-0.05, 0) is 42.7 Å². The van der Waals surface area contributed by atoms with E-state index in [2.05, 4.69) is 20.8 Å². The van der Waals surface area contributed by atoms with Gasteiger partial charge in [-0.2, -0.15) is 0 Å². The van der Waals surface area contributed by atoms with Crippen LogP contribution in [0.15, 0.2) is 53.9 Å². The number of rotatable bonds is 4. The average Bonchev–Trinajstić information content (AvgIpc) is 3.16. The van der Waals surface area contributed by atoms with Gasteiger partial charge in [0.1, 0.15) is 11.5 Å². The van der Waals surface area contributed by atoms with E-state index in [-0.39, 0.29) is 11.9 Å². The summed E-state index contributed by atoms with van der Waals surface area (Å²) in [7, 11) is 0. The minimum Gasteiger partial charge on any atom is -0.386 e. The van der Waals surface area contributed by atoms with E-state index in [1.807, 2.05) is 6.07 Å². The predicted molar refractivity (Wildman–Crippen MR) is 108 cm³/mol. The number of benzene rings is 1. The molecule has 0 radical (unpaired) electrons. The van der Waals surface area contributed by atoms with Crippen molar-refractivity contribution in [3.8, 4) is 0 Å². The number of oxime groups is 1. The van der Waals surface area contributed by atoms with E-state index in [1.54, 1.807) is 29.4 Å². The molecule has 4 rings (SSSR count). The van der Waals surface area contributed by atoms with Gasteiger partial charge in [-0.15, -0.1) is 0 Å². The van der Waals surface area contributed by atoms with E-state index in [9.17, 15) is 14.0 Å². The Balaban J connectivity index is 1.33. The Bertz CT molecular complexity index is 968. The van der Waals surface area contributed by atoms with Crippen LogP contribution in [0, 0.1) is 5.82 Å². The molecule has 0 saturated carbocycles. The summed E-state index contributed by atoms with van der Waals surface area (Å²) >= 11 is 0. The number of nitrogens with zero attached hydrogens (tertiary/aromatic N) is 3. The highest BCUT2D eigenvalue weighted by Gasteiger charge is 2.45. The summed E-state index contributed by atoms with van der Waals surface area (Å²) in [6, 6.07) is 9.08. The van der Waals surface area contributed by atoms with Gasteiger partial charge < -0.3 is 20.4 Å². The van der Waals surface area contributed by atoms with Crippen LogP contribution < -0.4 is 10.6 Å². The molecule has 0 bridgehead atoms. The van der Waals surface area contributed by atoms with Crippen LogP contribution >= 0.6 is 0 Å². The normalized spacial score (nSPS) is 20.4. The van der Waals surface area contributed by atoms with Crippen LogP contribution in [0.2, 0.25) is 0 Å². The summed E-state index contributed by atoms with van der Waals surface area (Å²) < 4.78 is 13.3. The Morgan fingerprint density at radius 3 is 2.97 bits per heavy atom. The molecule has 156 valence electrons. The third-order valence-corrected chi connectivity index (χ3v) is 5.18. The maximum absolute atomic E-state index is 13.3. The van der Waals surface area contributed by atoms with Gasteiger partial charge in [-0.3, -0.25) is 9.78 Å². The zero-order valence-electron chi connectivity index (χ0n) is 16.3. The molecular weight excluding hydrogens is 389 g/mol. The molecule has 2 aliphatic heterocycles. The number of piperidine rings is 1. The van der Waals surface area contributed by atoms with Crippen LogP contribution in [0.25, 0.3) is 0 Å². The van der Waals surface area contributed by atoms with Crippen molar-refractivity contribution in [1.29, 1.82) is 0 Å². The second-order valence-corrected chi connectivity index (χ2v) is 7.50. The Hall–Kier alpha value is -3.49. The minimum absolute atomic E-state index is 0.294. The monoisotopic (exact) mass is 411 g/mol. The number of carbonyl (C=O) groups is 2. The third kappa shape index (κ3) is 4.56. The summed E-state index contributed by atoms with van der Waals surface area (Å²) in [6.07, 6.45) is 5.10. The van der Waals surface area contributed by atoms with Crippen LogP contribution in [0.4, 0.5) is 14.9 Å². The molecule has 30 heavy (non-hydrogen) atoms. The van der Waals surface area contributed by atoms with Gasteiger partial charge >= 0.3 is 6.03 Å². The van der Waals surface area contributed by atoms with Crippen molar-refractivity contribution in [3.05, 3.63) is 60.2 Å². The molecule has 0 aliphatic carbocycles. The topological polar surface area (TPSA) is 95.9 Å². The maximum Gasteiger partial charge on any atom is 0.321 e. The first kappa shape index (κ1) is 19.8. The maximum atomic E-state index is 13.3. The lowest BCUT2D eigenvalue weighted by Crippen LogP contribution is -2.52. The number of anilines is 1. The number of amides is 3. The number of likely N-dealkylation sites (tertiary alicyclic amines) is 1. The second kappa shape index (κ2) is 8.48. The molecule has 1 spiro atoms. The first-order valence-electron chi connectivity index (χ1n) is 9.77.